The Kier molecular flexibility index (Phi) is 6.94. The third-order valence-corrected chi connectivity index (χ3v) is 4.70. The van der Waals surface area contributed by atoms with E-state index in [1.54, 1.807) is 4.90 Å². The number of nitrogens with one attached hydrogen (secondary N) is 1. The van der Waals surface area contributed by atoms with Gasteiger partial charge in [-0.1, -0.05) is 31.5 Å². The topological polar surface area (TPSA) is 123 Å². The van der Waals surface area contributed by atoms with Gasteiger partial charge in [0.05, 0.1) is 0 Å². The van der Waals surface area contributed by atoms with Crippen LogP contribution in [0.2, 0.25) is 0 Å². The summed E-state index contributed by atoms with van der Waals surface area (Å²) in [6, 6.07) is 7.82. The molecule has 29 heavy (non-hydrogen) atoms. The summed E-state index contributed by atoms with van der Waals surface area (Å²) in [5, 5.41) is 3.14. The van der Waals surface area contributed by atoms with Crippen molar-refractivity contribution in [1.82, 2.24) is 19.9 Å². The molecule has 3 rings (SSSR count). The first kappa shape index (κ1) is 20.5. The predicted molar refractivity (Wildman–Crippen MR) is 108 cm³/mol. The maximum Gasteiger partial charge on any atom is 0.326 e. The van der Waals surface area contributed by atoms with Crippen molar-refractivity contribution in [2.24, 2.45) is 0 Å². The monoisotopic (exact) mass is 398 g/mol. The molecule has 0 unspecified atom stereocenters. The number of aromatic nitrogens is 3. The second-order valence-corrected chi connectivity index (χ2v) is 6.86. The highest BCUT2D eigenvalue weighted by atomic mass is 16.5. The lowest BCUT2D eigenvalue weighted by Crippen LogP contribution is -2.36. The molecule has 0 bridgehead atoms. The molecule has 0 spiro atoms. The number of ether oxygens (including phenoxy) is 1. The summed E-state index contributed by atoms with van der Waals surface area (Å²) in [7, 11) is 0. The number of aryl methyl sites for hydroxylation is 1. The van der Waals surface area contributed by atoms with Gasteiger partial charge in [-0.3, -0.25) is 9.59 Å². The Morgan fingerprint density at radius 1 is 1.21 bits per heavy atom. The number of amides is 1. The summed E-state index contributed by atoms with van der Waals surface area (Å²) in [4.78, 5) is 38.1. The van der Waals surface area contributed by atoms with Crippen LogP contribution >= 0.6 is 0 Å². The molecular weight excluding hydrogens is 372 g/mol. The minimum absolute atomic E-state index is 0.00932. The van der Waals surface area contributed by atoms with E-state index in [0.29, 0.717) is 13.0 Å². The van der Waals surface area contributed by atoms with Gasteiger partial charge >= 0.3 is 5.97 Å². The fraction of sp³-hybridized carbons (Fsp3) is 0.450. The Bertz CT molecular complexity index is 873. The van der Waals surface area contributed by atoms with Crippen molar-refractivity contribution >= 4 is 29.5 Å². The van der Waals surface area contributed by atoms with Gasteiger partial charge in [0, 0.05) is 18.7 Å². The molecule has 9 nitrogen and oxygen atoms in total. The van der Waals surface area contributed by atoms with Crippen molar-refractivity contribution in [3.8, 4) is 0 Å². The van der Waals surface area contributed by atoms with E-state index in [9.17, 15) is 9.59 Å². The molecule has 0 saturated carbocycles. The Morgan fingerprint density at radius 2 is 2.03 bits per heavy atom. The molecule has 2 aromatic rings. The Balaban J connectivity index is 1.61. The van der Waals surface area contributed by atoms with Crippen LogP contribution in [0.1, 0.15) is 44.0 Å². The largest absolute Gasteiger partial charge is 0.456 e. The molecule has 1 aromatic heterocycles. The first-order valence-electron chi connectivity index (χ1n) is 9.84. The summed E-state index contributed by atoms with van der Waals surface area (Å²) in [5.41, 5.74) is 7.77. The average Bonchev–Trinajstić information content (AvgIpc) is 2.91. The van der Waals surface area contributed by atoms with Crippen LogP contribution in [0, 0.1) is 0 Å². The van der Waals surface area contributed by atoms with Gasteiger partial charge < -0.3 is 20.7 Å². The summed E-state index contributed by atoms with van der Waals surface area (Å²) >= 11 is 0. The van der Waals surface area contributed by atoms with E-state index in [0.717, 1.165) is 36.9 Å². The number of anilines is 3. The van der Waals surface area contributed by atoms with E-state index >= 15 is 0 Å². The maximum atomic E-state index is 12.2. The average molecular weight is 398 g/mol. The standard InChI is InChI=1S/C20H26N6O3/c1-2-14-8-5-6-9-15(14)22-20-24-16(23-19(21)25-20)13-29-18(28)12-26-11-7-3-4-10-17(26)27/h5-6,8-9H,2-4,7,10-13H2,1H3,(H3,21,22,23,24,25). The van der Waals surface area contributed by atoms with Gasteiger partial charge in [0.25, 0.3) is 0 Å². The molecule has 0 atom stereocenters. The van der Waals surface area contributed by atoms with Crippen LogP contribution < -0.4 is 11.1 Å². The molecule has 9 heteroatoms. The van der Waals surface area contributed by atoms with Gasteiger partial charge in [0.2, 0.25) is 17.8 Å². The lowest BCUT2D eigenvalue weighted by Gasteiger charge is -2.19. The normalized spacial score (nSPS) is 14.4. The number of carbonyl (C=O) groups excluding carboxylic acids is 2. The van der Waals surface area contributed by atoms with Gasteiger partial charge in [0.1, 0.15) is 6.54 Å². The lowest BCUT2D eigenvalue weighted by atomic mass is 10.1. The first-order chi connectivity index (χ1) is 14.0. The maximum absolute atomic E-state index is 12.2. The van der Waals surface area contributed by atoms with Crippen LogP contribution in [0.25, 0.3) is 0 Å². The van der Waals surface area contributed by atoms with E-state index in [-0.39, 0.29) is 36.8 Å². The predicted octanol–water partition coefficient (Wildman–Crippen LogP) is 2.21. The summed E-state index contributed by atoms with van der Waals surface area (Å²) in [5.74, 6) is 0.0527. The molecule has 1 aromatic carbocycles. The van der Waals surface area contributed by atoms with Crippen molar-refractivity contribution < 1.29 is 14.3 Å². The number of hydrogen-bond donors (Lipinski definition) is 2. The molecule has 1 aliphatic heterocycles. The number of likely N-dealkylation sites (tertiary alicyclic amines) is 1. The highest BCUT2D eigenvalue weighted by Gasteiger charge is 2.20. The van der Waals surface area contributed by atoms with E-state index in [1.165, 1.54) is 0 Å². The van der Waals surface area contributed by atoms with Crippen LogP contribution in [0.3, 0.4) is 0 Å². The number of benzene rings is 1. The Hall–Kier alpha value is -3.23. The molecule has 1 fully saturated rings. The molecule has 154 valence electrons. The van der Waals surface area contributed by atoms with Crippen molar-refractivity contribution in [3.05, 3.63) is 35.7 Å². The molecule has 1 amide bonds. The molecule has 0 aliphatic carbocycles. The first-order valence-corrected chi connectivity index (χ1v) is 9.84. The van der Waals surface area contributed by atoms with Crippen LogP contribution in [0.5, 0.6) is 0 Å². The van der Waals surface area contributed by atoms with Gasteiger partial charge in [0.15, 0.2) is 12.4 Å². The Labute approximate surface area is 169 Å². The molecule has 1 saturated heterocycles. The number of nitrogen functional groups attached to an aromatic ring is 1. The Morgan fingerprint density at radius 3 is 2.86 bits per heavy atom. The second kappa shape index (κ2) is 9.81. The van der Waals surface area contributed by atoms with E-state index < -0.39 is 5.97 Å². The van der Waals surface area contributed by atoms with Crippen LogP contribution in [-0.4, -0.2) is 44.8 Å². The quantitative estimate of drug-likeness (QED) is 0.681. The molecule has 3 N–H and O–H groups in total. The van der Waals surface area contributed by atoms with Crippen LogP contribution in [-0.2, 0) is 27.4 Å². The number of carbonyl (C=O) groups is 2. The fourth-order valence-electron chi connectivity index (χ4n) is 3.18. The highest BCUT2D eigenvalue weighted by Crippen LogP contribution is 2.19. The summed E-state index contributed by atoms with van der Waals surface area (Å²) < 4.78 is 5.26. The number of nitrogens with two attached hydrogens (primary N) is 1. The summed E-state index contributed by atoms with van der Waals surface area (Å²) in [6.45, 7) is 2.44. The second-order valence-electron chi connectivity index (χ2n) is 6.86. The van der Waals surface area contributed by atoms with E-state index in [4.69, 9.17) is 10.5 Å². The number of rotatable bonds is 7. The zero-order chi connectivity index (χ0) is 20.6. The zero-order valence-corrected chi connectivity index (χ0v) is 16.6. The minimum atomic E-state index is -0.495. The number of esters is 1. The fourth-order valence-corrected chi connectivity index (χ4v) is 3.18. The number of nitrogens with zero attached hydrogens (tertiary/aromatic N) is 4. The summed E-state index contributed by atoms with van der Waals surface area (Å²) in [6.07, 6.45) is 4.09. The van der Waals surface area contributed by atoms with E-state index in [1.807, 2.05) is 24.3 Å². The smallest absolute Gasteiger partial charge is 0.326 e. The van der Waals surface area contributed by atoms with Crippen LogP contribution in [0.4, 0.5) is 17.6 Å². The number of para-hydroxylation sites is 1. The minimum Gasteiger partial charge on any atom is -0.456 e. The van der Waals surface area contributed by atoms with E-state index in [2.05, 4.69) is 27.2 Å². The van der Waals surface area contributed by atoms with Crippen molar-refractivity contribution in [1.29, 1.82) is 0 Å². The third-order valence-electron chi connectivity index (χ3n) is 4.70. The van der Waals surface area contributed by atoms with Gasteiger partial charge in [-0.2, -0.15) is 15.0 Å². The van der Waals surface area contributed by atoms with Gasteiger partial charge in [-0.15, -0.1) is 0 Å². The van der Waals surface area contributed by atoms with Crippen molar-refractivity contribution in [2.75, 3.05) is 24.1 Å². The highest BCUT2D eigenvalue weighted by molar-refractivity contribution is 5.82. The van der Waals surface area contributed by atoms with Crippen LogP contribution in [0.15, 0.2) is 24.3 Å². The zero-order valence-electron chi connectivity index (χ0n) is 16.6. The molecule has 0 radical (unpaired) electrons. The molecule has 1 aliphatic rings. The SMILES string of the molecule is CCc1ccccc1Nc1nc(N)nc(COC(=O)CN2CCCCCC2=O)n1. The van der Waals surface area contributed by atoms with Gasteiger partial charge in [-0.05, 0) is 30.9 Å². The van der Waals surface area contributed by atoms with Crippen molar-refractivity contribution in [3.63, 3.8) is 0 Å². The lowest BCUT2D eigenvalue weighted by molar-refractivity contribution is -0.150. The van der Waals surface area contributed by atoms with Gasteiger partial charge in [-0.25, -0.2) is 0 Å². The molecule has 2 heterocycles. The molecular formula is C20H26N6O3. The number of hydrogen-bond acceptors (Lipinski definition) is 8. The van der Waals surface area contributed by atoms with Crippen molar-refractivity contribution in [2.45, 2.75) is 45.6 Å². The third kappa shape index (κ3) is 5.87.